The van der Waals surface area contributed by atoms with E-state index in [9.17, 15) is 4.79 Å². The standard InChI is InChI=1S/C15H28N2O/c1-2-12-8-10-15(11-9-12,14(16)18)17-13-6-4-3-5-7-13/h12-13,17H,2-11H2,1H3,(H2,16,18). The molecule has 18 heavy (non-hydrogen) atoms. The molecule has 0 atom stereocenters. The van der Waals surface area contributed by atoms with E-state index < -0.39 is 5.54 Å². The van der Waals surface area contributed by atoms with E-state index in [0.717, 1.165) is 31.6 Å². The Morgan fingerprint density at radius 2 is 1.78 bits per heavy atom. The van der Waals surface area contributed by atoms with Crippen LogP contribution in [0.4, 0.5) is 0 Å². The molecule has 2 fully saturated rings. The predicted molar refractivity (Wildman–Crippen MR) is 74.2 cm³/mol. The molecule has 0 aromatic rings. The summed E-state index contributed by atoms with van der Waals surface area (Å²) in [4.78, 5) is 11.9. The summed E-state index contributed by atoms with van der Waals surface area (Å²) in [6.07, 6.45) is 11.8. The Morgan fingerprint density at radius 3 is 2.28 bits per heavy atom. The van der Waals surface area contributed by atoms with Crippen molar-refractivity contribution in [3.05, 3.63) is 0 Å². The molecular formula is C15H28N2O. The maximum Gasteiger partial charge on any atom is 0.237 e. The molecular weight excluding hydrogens is 224 g/mol. The van der Waals surface area contributed by atoms with Crippen LogP contribution in [0.2, 0.25) is 0 Å². The van der Waals surface area contributed by atoms with Crippen LogP contribution in [0, 0.1) is 5.92 Å². The van der Waals surface area contributed by atoms with Gasteiger partial charge in [-0.1, -0.05) is 32.6 Å². The van der Waals surface area contributed by atoms with Crippen molar-refractivity contribution < 1.29 is 4.79 Å². The van der Waals surface area contributed by atoms with Crippen LogP contribution in [-0.2, 0) is 4.79 Å². The van der Waals surface area contributed by atoms with E-state index in [1.54, 1.807) is 0 Å². The van der Waals surface area contributed by atoms with E-state index >= 15 is 0 Å². The number of carbonyl (C=O) groups is 1. The van der Waals surface area contributed by atoms with E-state index in [-0.39, 0.29) is 5.91 Å². The van der Waals surface area contributed by atoms with Crippen molar-refractivity contribution in [3.63, 3.8) is 0 Å². The molecule has 0 aliphatic heterocycles. The van der Waals surface area contributed by atoms with Crippen LogP contribution in [0.15, 0.2) is 0 Å². The van der Waals surface area contributed by atoms with Crippen LogP contribution in [0.1, 0.15) is 71.1 Å². The SMILES string of the molecule is CCC1CCC(NC2CCCCC2)(C(N)=O)CC1. The summed E-state index contributed by atoms with van der Waals surface area (Å²) in [6.45, 7) is 2.25. The number of primary amides is 1. The van der Waals surface area contributed by atoms with Crippen molar-refractivity contribution in [3.8, 4) is 0 Å². The Kier molecular flexibility index (Phi) is 4.66. The molecule has 2 rings (SSSR count). The lowest BCUT2D eigenvalue weighted by Gasteiger charge is -2.41. The van der Waals surface area contributed by atoms with E-state index in [1.807, 2.05) is 0 Å². The molecule has 0 aromatic carbocycles. The molecule has 3 N–H and O–H groups in total. The third-order valence-electron chi connectivity index (χ3n) is 5.09. The second-order valence-electron chi connectivity index (χ2n) is 6.28. The van der Waals surface area contributed by atoms with Crippen LogP contribution in [0.25, 0.3) is 0 Å². The van der Waals surface area contributed by atoms with E-state index in [4.69, 9.17) is 5.73 Å². The van der Waals surface area contributed by atoms with Gasteiger partial charge in [0.05, 0.1) is 5.54 Å². The minimum absolute atomic E-state index is 0.123. The fourth-order valence-electron chi connectivity index (χ4n) is 3.68. The summed E-state index contributed by atoms with van der Waals surface area (Å²) in [6, 6.07) is 0.518. The monoisotopic (exact) mass is 252 g/mol. The molecule has 0 heterocycles. The van der Waals surface area contributed by atoms with Gasteiger partial charge in [-0.15, -0.1) is 0 Å². The molecule has 3 nitrogen and oxygen atoms in total. The molecule has 2 aliphatic carbocycles. The van der Waals surface area contributed by atoms with Crippen molar-refractivity contribution in [1.29, 1.82) is 0 Å². The number of nitrogens with two attached hydrogens (primary N) is 1. The lowest BCUT2D eigenvalue weighted by atomic mass is 9.74. The maximum atomic E-state index is 11.9. The van der Waals surface area contributed by atoms with Gasteiger partial charge in [0.15, 0.2) is 0 Å². The smallest absolute Gasteiger partial charge is 0.237 e. The van der Waals surface area contributed by atoms with Gasteiger partial charge >= 0.3 is 0 Å². The Hall–Kier alpha value is -0.570. The first kappa shape index (κ1) is 13.9. The molecule has 0 saturated heterocycles. The van der Waals surface area contributed by atoms with Crippen LogP contribution < -0.4 is 11.1 Å². The number of amides is 1. The summed E-state index contributed by atoms with van der Waals surface area (Å²) >= 11 is 0. The molecule has 2 saturated carbocycles. The molecule has 0 aromatic heterocycles. The largest absolute Gasteiger partial charge is 0.368 e. The van der Waals surface area contributed by atoms with E-state index in [0.29, 0.717) is 6.04 Å². The molecule has 0 radical (unpaired) electrons. The summed E-state index contributed by atoms with van der Waals surface area (Å²) in [5, 5.41) is 3.64. The first-order valence-electron chi connectivity index (χ1n) is 7.74. The number of hydrogen-bond acceptors (Lipinski definition) is 2. The summed E-state index contributed by atoms with van der Waals surface area (Å²) in [5.41, 5.74) is 5.31. The van der Waals surface area contributed by atoms with Crippen LogP contribution in [0.5, 0.6) is 0 Å². The zero-order chi connectivity index (χ0) is 13.0. The van der Waals surface area contributed by atoms with Crippen molar-refractivity contribution >= 4 is 5.91 Å². The number of hydrogen-bond donors (Lipinski definition) is 2. The zero-order valence-electron chi connectivity index (χ0n) is 11.7. The van der Waals surface area contributed by atoms with Gasteiger partial charge in [0.1, 0.15) is 0 Å². The summed E-state index contributed by atoms with van der Waals surface area (Å²) in [7, 11) is 0. The van der Waals surface area contributed by atoms with Gasteiger partial charge in [0.25, 0.3) is 0 Å². The van der Waals surface area contributed by atoms with Crippen molar-refractivity contribution in [2.24, 2.45) is 11.7 Å². The van der Waals surface area contributed by atoms with Gasteiger partial charge in [-0.2, -0.15) is 0 Å². The summed E-state index contributed by atoms with van der Waals surface area (Å²) in [5.74, 6) is 0.674. The Bertz CT molecular complexity index is 276. The molecule has 3 heteroatoms. The number of nitrogens with one attached hydrogen (secondary N) is 1. The van der Waals surface area contributed by atoms with Gasteiger partial charge < -0.3 is 11.1 Å². The van der Waals surface area contributed by atoms with Gasteiger partial charge in [0.2, 0.25) is 5.91 Å². The zero-order valence-corrected chi connectivity index (χ0v) is 11.7. The van der Waals surface area contributed by atoms with Crippen LogP contribution in [-0.4, -0.2) is 17.5 Å². The molecule has 0 bridgehead atoms. The predicted octanol–water partition coefficient (Wildman–Crippen LogP) is 2.73. The maximum absolute atomic E-state index is 11.9. The van der Waals surface area contributed by atoms with Crippen molar-refractivity contribution in [1.82, 2.24) is 5.32 Å². The van der Waals surface area contributed by atoms with Crippen molar-refractivity contribution in [2.45, 2.75) is 82.7 Å². The highest BCUT2D eigenvalue weighted by atomic mass is 16.1. The minimum atomic E-state index is -0.395. The lowest BCUT2D eigenvalue weighted by molar-refractivity contribution is -0.126. The Balaban J connectivity index is 1.96. The molecule has 0 unspecified atom stereocenters. The van der Waals surface area contributed by atoms with Crippen molar-refractivity contribution in [2.75, 3.05) is 0 Å². The molecule has 0 spiro atoms. The van der Waals surface area contributed by atoms with Gasteiger partial charge in [-0.05, 0) is 44.4 Å². The highest BCUT2D eigenvalue weighted by molar-refractivity contribution is 5.84. The second-order valence-corrected chi connectivity index (χ2v) is 6.28. The van der Waals surface area contributed by atoms with E-state index in [1.165, 1.54) is 38.5 Å². The van der Waals surface area contributed by atoms with E-state index in [2.05, 4.69) is 12.2 Å². The fraction of sp³-hybridized carbons (Fsp3) is 0.933. The second kappa shape index (κ2) is 6.05. The fourth-order valence-corrected chi connectivity index (χ4v) is 3.68. The number of rotatable bonds is 4. The third kappa shape index (κ3) is 3.05. The number of carbonyl (C=O) groups excluding carboxylic acids is 1. The highest BCUT2D eigenvalue weighted by Crippen LogP contribution is 2.35. The average molecular weight is 252 g/mol. The highest BCUT2D eigenvalue weighted by Gasteiger charge is 2.41. The van der Waals surface area contributed by atoms with Crippen LogP contribution >= 0.6 is 0 Å². The van der Waals surface area contributed by atoms with Gasteiger partial charge in [0, 0.05) is 6.04 Å². The Morgan fingerprint density at radius 1 is 1.17 bits per heavy atom. The molecule has 104 valence electrons. The topological polar surface area (TPSA) is 55.1 Å². The quantitative estimate of drug-likeness (QED) is 0.808. The lowest BCUT2D eigenvalue weighted by Crippen LogP contribution is -2.60. The van der Waals surface area contributed by atoms with Gasteiger partial charge in [-0.25, -0.2) is 0 Å². The average Bonchev–Trinajstić information content (AvgIpc) is 2.40. The first-order valence-corrected chi connectivity index (χ1v) is 7.74. The van der Waals surface area contributed by atoms with Crippen LogP contribution in [0.3, 0.4) is 0 Å². The minimum Gasteiger partial charge on any atom is -0.368 e. The molecule has 1 amide bonds. The summed E-state index contributed by atoms with van der Waals surface area (Å²) < 4.78 is 0. The third-order valence-corrected chi connectivity index (χ3v) is 5.09. The van der Waals surface area contributed by atoms with Gasteiger partial charge in [-0.3, -0.25) is 4.79 Å². The Labute approximate surface area is 111 Å². The molecule has 2 aliphatic rings. The first-order chi connectivity index (χ1) is 8.66. The normalized spacial score (nSPS) is 34.4.